The van der Waals surface area contributed by atoms with Gasteiger partial charge in [-0.15, -0.1) is 0 Å². The molecule has 0 fully saturated rings. The van der Waals surface area contributed by atoms with E-state index in [1.807, 2.05) is 0 Å². The lowest BCUT2D eigenvalue weighted by Crippen LogP contribution is -2.06. The second-order valence-electron chi connectivity index (χ2n) is 2.13. The highest BCUT2D eigenvalue weighted by atomic mass is 16.6. The summed E-state index contributed by atoms with van der Waals surface area (Å²) in [5, 5.41) is 10.3. The van der Waals surface area contributed by atoms with E-state index in [9.17, 15) is 10.1 Å². The molecule has 0 aliphatic rings. The molecule has 5 heteroatoms. The van der Waals surface area contributed by atoms with Gasteiger partial charge < -0.3 is 0 Å². The zero-order valence-corrected chi connectivity index (χ0v) is 5.94. The van der Waals surface area contributed by atoms with Gasteiger partial charge in [0.1, 0.15) is 13.5 Å². The van der Waals surface area contributed by atoms with Crippen LogP contribution < -0.4 is 5.46 Å². The monoisotopic (exact) mass is 148 g/mol. The van der Waals surface area contributed by atoms with Crippen LogP contribution in [0.4, 0.5) is 5.69 Å². The Morgan fingerprint density at radius 3 is 2.82 bits per heavy atom. The highest BCUT2D eigenvalue weighted by Crippen LogP contribution is 2.10. The van der Waals surface area contributed by atoms with Crippen LogP contribution in [-0.4, -0.2) is 17.8 Å². The van der Waals surface area contributed by atoms with Crippen molar-refractivity contribution in [3.8, 4) is 0 Å². The summed E-state index contributed by atoms with van der Waals surface area (Å²) in [5.41, 5.74) is 0.650. The maximum Gasteiger partial charge on any atom is 0.289 e. The van der Waals surface area contributed by atoms with E-state index in [-0.39, 0.29) is 5.69 Å². The van der Waals surface area contributed by atoms with Crippen LogP contribution in [0.15, 0.2) is 12.3 Å². The maximum absolute atomic E-state index is 10.3. The van der Waals surface area contributed by atoms with E-state index >= 15 is 0 Å². The number of rotatable bonds is 1. The fourth-order valence-electron chi connectivity index (χ4n) is 0.722. The normalized spacial score (nSPS) is 9.55. The molecule has 0 saturated carbocycles. The number of aromatic nitrogens is 1. The standard InChI is InChI=1S/C6H5BN2O2/c1-4-6(9(10)11)2-5(7)3-8-4/h2-3H,1H3. The predicted octanol–water partition coefficient (Wildman–Crippen LogP) is 0.0920. The Balaban J connectivity index is 3.23. The minimum atomic E-state index is -0.501. The van der Waals surface area contributed by atoms with Crippen LogP contribution in [0.2, 0.25) is 0 Å². The maximum atomic E-state index is 10.3. The number of nitro groups is 1. The van der Waals surface area contributed by atoms with E-state index in [4.69, 9.17) is 7.85 Å². The van der Waals surface area contributed by atoms with Crippen molar-refractivity contribution in [2.24, 2.45) is 0 Å². The van der Waals surface area contributed by atoms with Crippen LogP contribution in [0.1, 0.15) is 5.69 Å². The van der Waals surface area contributed by atoms with Gasteiger partial charge in [-0.05, 0) is 6.92 Å². The summed E-state index contributed by atoms with van der Waals surface area (Å²) in [5.74, 6) is 0. The molecule has 2 radical (unpaired) electrons. The molecule has 11 heavy (non-hydrogen) atoms. The van der Waals surface area contributed by atoms with Gasteiger partial charge in [0.2, 0.25) is 0 Å². The fraction of sp³-hybridized carbons (Fsp3) is 0.167. The van der Waals surface area contributed by atoms with Gasteiger partial charge in [-0.1, -0.05) is 5.46 Å². The van der Waals surface area contributed by atoms with Gasteiger partial charge in [-0.3, -0.25) is 15.1 Å². The van der Waals surface area contributed by atoms with Crippen LogP contribution >= 0.6 is 0 Å². The average molecular weight is 148 g/mol. The summed E-state index contributed by atoms with van der Waals surface area (Å²) in [6.45, 7) is 1.57. The molecule has 0 bridgehead atoms. The summed E-state index contributed by atoms with van der Waals surface area (Å²) >= 11 is 0. The van der Waals surface area contributed by atoms with Crippen LogP contribution in [0.3, 0.4) is 0 Å². The molecule has 0 atom stereocenters. The van der Waals surface area contributed by atoms with Gasteiger partial charge in [0.05, 0.1) is 4.92 Å². The molecule has 0 N–H and O–H groups in total. The van der Waals surface area contributed by atoms with Crippen LogP contribution in [0.25, 0.3) is 0 Å². The van der Waals surface area contributed by atoms with E-state index in [1.165, 1.54) is 12.3 Å². The molecular weight excluding hydrogens is 143 g/mol. The third-order valence-corrected chi connectivity index (χ3v) is 1.28. The second-order valence-corrected chi connectivity index (χ2v) is 2.13. The Morgan fingerprint density at radius 1 is 1.73 bits per heavy atom. The fourth-order valence-corrected chi connectivity index (χ4v) is 0.722. The highest BCUT2D eigenvalue weighted by Gasteiger charge is 2.09. The van der Waals surface area contributed by atoms with E-state index < -0.39 is 4.92 Å². The molecule has 0 saturated heterocycles. The molecule has 0 aliphatic heterocycles. The highest BCUT2D eigenvalue weighted by molar-refractivity contribution is 6.32. The van der Waals surface area contributed by atoms with Crippen LogP contribution in [0.5, 0.6) is 0 Å². The number of pyridine rings is 1. The molecule has 1 rings (SSSR count). The van der Waals surface area contributed by atoms with Crippen LogP contribution in [-0.2, 0) is 0 Å². The molecule has 1 aromatic rings. The SMILES string of the molecule is [B]c1cnc(C)c([N+](=O)[O-])c1. The predicted molar refractivity (Wildman–Crippen MR) is 41.0 cm³/mol. The van der Waals surface area contributed by atoms with Gasteiger partial charge in [0.25, 0.3) is 5.69 Å². The third kappa shape index (κ3) is 1.55. The van der Waals surface area contributed by atoms with Crippen molar-refractivity contribution in [3.05, 3.63) is 28.1 Å². The Kier molecular flexibility index (Phi) is 1.89. The quantitative estimate of drug-likeness (QED) is 0.322. The molecule has 0 spiro atoms. The van der Waals surface area contributed by atoms with Crippen molar-refractivity contribution in [3.63, 3.8) is 0 Å². The molecule has 0 unspecified atom stereocenters. The number of aryl methyl sites for hydroxylation is 1. The van der Waals surface area contributed by atoms with Gasteiger partial charge in [0.15, 0.2) is 0 Å². The van der Waals surface area contributed by atoms with Gasteiger partial charge >= 0.3 is 0 Å². The Bertz CT molecular complexity index is 301. The summed E-state index contributed by atoms with van der Waals surface area (Å²) in [6.07, 6.45) is 1.39. The number of nitrogens with zero attached hydrogens (tertiary/aromatic N) is 2. The minimum Gasteiger partial charge on any atom is -0.258 e. The van der Waals surface area contributed by atoms with E-state index in [2.05, 4.69) is 4.98 Å². The van der Waals surface area contributed by atoms with Crippen molar-refractivity contribution < 1.29 is 4.92 Å². The summed E-state index contributed by atoms with van der Waals surface area (Å²) in [6, 6.07) is 1.29. The summed E-state index contributed by atoms with van der Waals surface area (Å²) < 4.78 is 0. The largest absolute Gasteiger partial charge is 0.289 e. The summed E-state index contributed by atoms with van der Waals surface area (Å²) in [4.78, 5) is 13.5. The number of hydrogen-bond donors (Lipinski definition) is 0. The van der Waals surface area contributed by atoms with Gasteiger partial charge in [0, 0.05) is 12.3 Å². The van der Waals surface area contributed by atoms with Crippen molar-refractivity contribution in [2.45, 2.75) is 6.92 Å². The van der Waals surface area contributed by atoms with E-state index in [1.54, 1.807) is 6.92 Å². The zero-order chi connectivity index (χ0) is 8.43. The lowest BCUT2D eigenvalue weighted by molar-refractivity contribution is -0.385. The zero-order valence-electron chi connectivity index (χ0n) is 5.94. The van der Waals surface area contributed by atoms with Gasteiger partial charge in [-0.2, -0.15) is 0 Å². The molecule has 0 aromatic carbocycles. The third-order valence-electron chi connectivity index (χ3n) is 1.28. The first-order chi connectivity index (χ1) is 5.11. The van der Waals surface area contributed by atoms with E-state index in [0.717, 1.165) is 0 Å². The first kappa shape index (κ1) is 7.72. The lowest BCUT2D eigenvalue weighted by Gasteiger charge is -1.95. The average Bonchev–Trinajstić information content (AvgIpc) is 1.94. The Morgan fingerprint density at radius 2 is 2.36 bits per heavy atom. The second kappa shape index (κ2) is 2.69. The van der Waals surface area contributed by atoms with Gasteiger partial charge in [-0.25, -0.2) is 0 Å². The summed E-state index contributed by atoms with van der Waals surface area (Å²) in [7, 11) is 5.30. The van der Waals surface area contributed by atoms with Crippen molar-refractivity contribution in [1.82, 2.24) is 4.98 Å². The topological polar surface area (TPSA) is 56.0 Å². The smallest absolute Gasteiger partial charge is 0.258 e. The minimum absolute atomic E-state index is 0.0370. The molecule has 1 heterocycles. The van der Waals surface area contributed by atoms with Crippen molar-refractivity contribution in [1.29, 1.82) is 0 Å². The van der Waals surface area contributed by atoms with Crippen molar-refractivity contribution in [2.75, 3.05) is 0 Å². The molecule has 1 aromatic heterocycles. The lowest BCUT2D eigenvalue weighted by atomic mass is 9.98. The molecular formula is C6H5BN2O2. The molecule has 0 aliphatic carbocycles. The van der Waals surface area contributed by atoms with Crippen LogP contribution in [0, 0.1) is 17.0 Å². The molecule has 0 amide bonds. The number of hydrogen-bond acceptors (Lipinski definition) is 3. The Labute approximate surface area is 64.8 Å². The Hall–Kier alpha value is -1.39. The molecule has 4 nitrogen and oxygen atoms in total. The first-order valence-electron chi connectivity index (χ1n) is 2.98. The first-order valence-corrected chi connectivity index (χ1v) is 2.98. The van der Waals surface area contributed by atoms with Crippen molar-refractivity contribution >= 4 is 19.0 Å². The molecule has 54 valence electrons. The van der Waals surface area contributed by atoms with E-state index in [0.29, 0.717) is 11.2 Å².